The van der Waals surface area contributed by atoms with Crippen LogP contribution in [0.5, 0.6) is 5.75 Å². The number of benzene rings is 1. The molecule has 1 aromatic heterocycles. The number of amides is 1. The minimum atomic E-state index is -3.93. The first kappa shape index (κ1) is 26.7. The molecular weight excluding hydrogens is 466 g/mol. The number of aliphatic hydroxyl groups is 1. The fourth-order valence-corrected chi connectivity index (χ4v) is 5.70. The van der Waals surface area contributed by atoms with Gasteiger partial charge in [0, 0.05) is 49.9 Å². The van der Waals surface area contributed by atoms with Gasteiger partial charge in [-0.25, -0.2) is 8.42 Å². The lowest BCUT2D eigenvalue weighted by molar-refractivity contribution is 0.0563. The Hall–Kier alpha value is -2.93. The number of hydrogen-bond donors (Lipinski definition) is 1. The molecule has 3 atom stereocenters. The van der Waals surface area contributed by atoms with Gasteiger partial charge in [0.15, 0.2) is 0 Å². The number of rotatable bonds is 6. The van der Waals surface area contributed by atoms with Crippen molar-refractivity contribution in [2.75, 3.05) is 26.7 Å². The number of sulfonamides is 1. The zero-order chi connectivity index (χ0) is 25.6. The maximum atomic E-state index is 13.5. The van der Waals surface area contributed by atoms with Crippen LogP contribution in [0, 0.1) is 17.8 Å². The average molecular weight is 500 g/mol. The summed E-state index contributed by atoms with van der Waals surface area (Å²) >= 11 is 0. The van der Waals surface area contributed by atoms with Crippen molar-refractivity contribution >= 4 is 15.9 Å². The number of ether oxygens (including phenoxy) is 1. The minimum absolute atomic E-state index is 0.0250. The van der Waals surface area contributed by atoms with E-state index in [9.17, 15) is 18.3 Å². The molecule has 2 aromatic rings. The molecule has 1 aliphatic heterocycles. The number of likely N-dealkylation sites (N-methyl/N-ethyl adjacent to an activating group) is 1. The lowest BCUT2D eigenvalue weighted by atomic mass is 10.0. The topological polar surface area (TPSA) is 100 Å². The molecule has 1 N–H and O–H groups in total. The molecule has 0 spiro atoms. The highest BCUT2D eigenvalue weighted by atomic mass is 32.2. The summed E-state index contributed by atoms with van der Waals surface area (Å²) in [6.45, 7) is 5.66. The second-order valence-electron chi connectivity index (χ2n) is 8.88. The van der Waals surface area contributed by atoms with Gasteiger partial charge in [0.2, 0.25) is 10.0 Å². The monoisotopic (exact) mass is 499 g/mol. The summed E-state index contributed by atoms with van der Waals surface area (Å²) in [5.41, 5.74) is 1.11. The summed E-state index contributed by atoms with van der Waals surface area (Å²) in [6, 6.07) is 7.60. The Morgan fingerprint density at radius 2 is 2.14 bits per heavy atom. The van der Waals surface area contributed by atoms with E-state index in [1.807, 2.05) is 13.8 Å². The van der Waals surface area contributed by atoms with Gasteiger partial charge in [-0.05, 0) is 43.7 Å². The SMILES string of the molecule is CCCC#Cc1ccc2c(c1)O[C@H](CN(C)C(=O)c1cccnc1)[C@@H](C)CN([C@H](C)CO)S2(=O)=O. The second-order valence-corrected chi connectivity index (χ2v) is 10.7. The van der Waals surface area contributed by atoms with E-state index in [4.69, 9.17) is 4.74 Å². The molecule has 8 nitrogen and oxygen atoms in total. The maximum Gasteiger partial charge on any atom is 0.255 e. The van der Waals surface area contributed by atoms with Crippen molar-refractivity contribution in [3.05, 3.63) is 53.9 Å². The number of aromatic nitrogens is 1. The quantitative estimate of drug-likeness (QED) is 0.614. The van der Waals surface area contributed by atoms with E-state index in [0.29, 0.717) is 11.1 Å². The molecule has 35 heavy (non-hydrogen) atoms. The van der Waals surface area contributed by atoms with Gasteiger partial charge in [-0.15, -0.1) is 0 Å². The summed E-state index contributed by atoms with van der Waals surface area (Å²) in [7, 11) is -2.25. The van der Waals surface area contributed by atoms with E-state index in [-0.39, 0.29) is 42.2 Å². The van der Waals surface area contributed by atoms with Crippen LogP contribution in [0.25, 0.3) is 0 Å². The molecule has 0 radical (unpaired) electrons. The van der Waals surface area contributed by atoms with Crippen LogP contribution in [-0.4, -0.2) is 72.5 Å². The van der Waals surface area contributed by atoms with Gasteiger partial charge in [0.05, 0.1) is 18.7 Å². The summed E-state index contributed by atoms with van der Waals surface area (Å²) in [5.74, 6) is 5.85. The van der Waals surface area contributed by atoms with Crippen molar-refractivity contribution in [1.29, 1.82) is 0 Å². The highest BCUT2D eigenvalue weighted by Crippen LogP contribution is 2.34. The zero-order valence-electron chi connectivity index (χ0n) is 20.6. The molecule has 9 heteroatoms. The van der Waals surface area contributed by atoms with Crippen LogP contribution in [0.4, 0.5) is 0 Å². The molecule has 1 aliphatic rings. The molecule has 3 rings (SSSR count). The molecule has 0 aliphatic carbocycles. The number of unbranched alkanes of at least 4 members (excludes halogenated alkanes) is 1. The van der Waals surface area contributed by atoms with Crippen LogP contribution in [-0.2, 0) is 10.0 Å². The fraction of sp³-hybridized carbons (Fsp3) is 0.462. The first-order valence-electron chi connectivity index (χ1n) is 11.8. The minimum Gasteiger partial charge on any atom is -0.487 e. The number of carbonyl (C=O) groups excluding carboxylic acids is 1. The van der Waals surface area contributed by atoms with Gasteiger partial charge in [0.25, 0.3) is 5.91 Å². The van der Waals surface area contributed by atoms with Crippen LogP contribution >= 0.6 is 0 Å². The van der Waals surface area contributed by atoms with Gasteiger partial charge in [-0.3, -0.25) is 9.78 Å². The van der Waals surface area contributed by atoms with Gasteiger partial charge in [-0.1, -0.05) is 25.7 Å². The van der Waals surface area contributed by atoms with E-state index in [2.05, 4.69) is 16.8 Å². The van der Waals surface area contributed by atoms with E-state index in [0.717, 1.165) is 12.8 Å². The zero-order valence-corrected chi connectivity index (χ0v) is 21.5. The number of fused-ring (bicyclic) bond motifs is 1. The number of carbonyl (C=O) groups is 1. The molecule has 0 saturated carbocycles. The first-order chi connectivity index (χ1) is 16.7. The highest BCUT2D eigenvalue weighted by Gasteiger charge is 2.38. The van der Waals surface area contributed by atoms with Crippen LogP contribution in [0.2, 0.25) is 0 Å². The highest BCUT2D eigenvalue weighted by molar-refractivity contribution is 7.89. The maximum absolute atomic E-state index is 13.5. The molecular formula is C26H33N3O5S. The Bertz CT molecular complexity index is 1190. The number of hydrogen-bond acceptors (Lipinski definition) is 6. The smallest absolute Gasteiger partial charge is 0.255 e. The third kappa shape index (κ3) is 6.20. The fourth-order valence-electron chi connectivity index (χ4n) is 3.87. The number of pyridine rings is 1. The Morgan fingerprint density at radius 1 is 1.37 bits per heavy atom. The third-order valence-corrected chi connectivity index (χ3v) is 8.00. The van der Waals surface area contributed by atoms with Crippen molar-refractivity contribution in [2.24, 2.45) is 5.92 Å². The predicted octanol–water partition coefficient (Wildman–Crippen LogP) is 2.77. The Kier molecular flexibility index (Phi) is 8.89. The van der Waals surface area contributed by atoms with Crippen molar-refractivity contribution in [2.45, 2.75) is 50.7 Å². The molecule has 188 valence electrons. The Morgan fingerprint density at radius 3 is 2.80 bits per heavy atom. The van der Waals surface area contributed by atoms with Crippen molar-refractivity contribution in [1.82, 2.24) is 14.2 Å². The predicted molar refractivity (Wildman–Crippen MR) is 133 cm³/mol. The summed E-state index contributed by atoms with van der Waals surface area (Å²) < 4.78 is 34.7. The number of nitrogens with zero attached hydrogens (tertiary/aromatic N) is 3. The molecule has 2 heterocycles. The van der Waals surface area contributed by atoms with Gasteiger partial charge in [-0.2, -0.15) is 4.31 Å². The van der Waals surface area contributed by atoms with E-state index >= 15 is 0 Å². The first-order valence-corrected chi connectivity index (χ1v) is 13.2. The number of aliphatic hydroxyl groups excluding tert-OH is 1. The van der Waals surface area contributed by atoms with Gasteiger partial charge >= 0.3 is 0 Å². The molecule has 0 bridgehead atoms. The lowest BCUT2D eigenvalue weighted by Crippen LogP contribution is -2.50. The van der Waals surface area contributed by atoms with Crippen molar-refractivity contribution in [3.8, 4) is 17.6 Å². The summed E-state index contributed by atoms with van der Waals surface area (Å²) in [6.07, 6.45) is 4.27. The average Bonchev–Trinajstić information content (AvgIpc) is 2.85. The van der Waals surface area contributed by atoms with Crippen LogP contribution in [0.15, 0.2) is 47.6 Å². The molecule has 0 saturated heterocycles. The molecule has 0 unspecified atom stereocenters. The van der Waals surface area contributed by atoms with Crippen LogP contribution in [0.1, 0.15) is 49.5 Å². The van der Waals surface area contributed by atoms with Gasteiger partial charge in [0.1, 0.15) is 16.7 Å². The normalized spacial score (nSPS) is 20.3. The summed E-state index contributed by atoms with van der Waals surface area (Å²) in [4.78, 5) is 18.5. The Labute approximate surface area is 208 Å². The van der Waals surface area contributed by atoms with E-state index in [1.54, 1.807) is 49.3 Å². The third-order valence-electron chi connectivity index (χ3n) is 5.98. The second kappa shape index (κ2) is 11.7. The van der Waals surface area contributed by atoms with Gasteiger partial charge < -0.3 is 14.7 Å². The standard InChI is InChI=1S/C26H33N3O5S/c1-5-6-7-9-21-11-12-25-23(14-21)34-24(17-28(4)26(31)22-10-8-13-27-15-22)19(2)16-29(20(3)18-30)35(25,32)33/h8,10-15,19-20,24,30H,5-6,16-18H2,1-4H3/t19-,20+,24+/m0/s1. The largest absolute Gasteiger partial charge is 0.487 e. The molecule has 1 aromatic carbocycles. The van der Waals surface area contributed by atoms with Crippen molar-refractivity contribution in [3.63, 3.8) is 0 Å². The lowest BCUT2D eigenvalue weighted by Gasteiger charge is -2.37. The van der Waals surface area contributed by atoms with E-state index in [1.165, 1.54) is 16.6 Å². The van der Waals surface area contributed by atoms with Crippen LogP contribution < -0.4 is 4.74 Å². The van der Waals surface area contributed by atoms with Crippen molar-refractivity contribution < 1.29 is 23.1 Å². The van der Waals surface area contributed by atoms with E-state index < -0.39 is 22.2 Å². The van der Waals surface area contributed by atoms with Crippen LogP contribution in [0.3, 0.4) is 0 Å². The summed E-state index contributed by atoms with van der Waals surface area (Å²) in [5, 5.41) is 9.78. The molecule has 0 fully saturated rings. The Balaban J connectivity index is 2.01. The molecule has 1 amide bonds.